The molecular weight excluding hydrogens is 256 g/mol. The Labute approximate surface area is 118 Å². The Balaban J connectivity index is 1.83. The monoisotopic (exact) mass is 276 g/mol. The third-order valence-electron chi connectivity index (χ3n) is 3.25. The van der Waals surface area contributed by atoms with Crippen LogP contribution in [-0.2, 0) is 9.63 Å². The summed E-state index contributed by atoms with van der Waals surface area (Å²) in [5.41, 5.74) is 1.78. The van der Waals surface area contributed by atoms with Gasteiger partial charge in [-0.1, -0.05) is 35.5 Å². The van der Waals surface area contributed by atoms with Gasteiger partial charge in [0.05, 0.1) is 5.71 Å². The number of benzene rings is 1. The third-order valence-corrected chi connectivity index (χ3v) is 3.25. The van der Waals surface area contributed by atoms with Crippen LogP contribution in [0.5, 0.6) is 0 Å². The SMILES string of the molecule is CC(CCCO)NC(=O)C1CC(c2ccccc2)=NO1. The second kappa shape index (κ2) is 7.05. The summed E-state index contributed by atoms with van der Waals surface area (Å²) >= 11 is 0. The van der Waals surface area contributed by atoms with Crippen LogP contribution in [-0.4, -0.2) is 35.5 Å². The highest BCUT2D eigenvalue weighted by atomic mass is 16.6. The smallest absolute Gasteiger partial charge is 0.264 e. The lowest BCUT2D eigenvalue weighted by Gasteiger charge is -2.15. The van der Waals surface area contributed by atoms with E-state index in [0.29, 0.717) is 12.8 Å². The minimum absolute atomic E-state index is 0.0269. The largest absolute Gasteiger partial charge is 0.396 e. The van der Waals surface area contributed by atoms with Gasteiger partial charge >= 0.3 is 0 Å². The molecule has 1 aromatic carbocycles. The quantitative estimate of drug-likeness (QED) is 0.826. The number of aliphatic hydroxyl groups excluding tert-OH is 1. The van der Waals surface area contributed by atoms with E-state index in [1.54, 1.807) is 0 Å². The zero-order valence-electron chi connectivity index (χ0n) is 11.6. The van der Waals surface area contributed by atoms with E-state index in [1.165, 1.54) is 0 Å². The van der Waals surface area contributed by atoms with Crippen molar-refractivity contribution >= 4 is 11.6 Å². The topological polar surface area (TPSA) is 70.9 Å². The molecule has 20 heavy (non-hydrogen) atoms. The van der Waals surface area contributed by atoms with E-state index in [-0.39, 0.29) is 18.6 Å². The maximum absolute atomic E-state index is 12.0. The number of carbonyl (C=O) groups excluding carboxylic acids is 1. The highest BCUT2D eigenvalue weighted by Crippen LogP contribution is 2.16. The highest BCUT2D eigenvalue weighted by Gasteiger charge is 2.29. The van der Waals surface area contributed by atoms with Gasteiger partial charge in [-0.25, -0.2) is 0 Å². The van der Waals surface area contributed by atoms with Crippen LogP contribution in [0.2, 0.25) is 0 Å². The molecule has 0 saturated carbocycles. The molecule has 0 spiro atoms. The molecular formula is C15H20N2O3. The van der Waals surface area contributed by atoms with Gasteiger partial charge < -0.3 is 15.3 Å². The molecule has 1 aliphatic heterocycles. The van der Waals surface area contributed by atoms with Gasteiger partial charge in [-0.3, -0.25) is 4.79 Å². The van der Waals surface area contributed by atoms with Gasteiger partial charge in [0.2, 0.25) is 6.10 Å². The molecule has 2 unspecified atom stereocenters. The van der Waals surface area contributed by atoms with Crippen molar-refractivity contribution in [2.45, 2.75) is 38.3 Å². The van der Waals surface area contributed by atoms with Crippen molar-refractivity contribution in [3.63, 3.8) is 0 Å². The molecule has 0 radical (unpaired) electrons. The molecule has 108 valence electrons. The molecule has 0 saturated heterocycles. The van der Waals surface area contributed by atoms with Crippen molar-refractivity contribution in [3.05, 3.63) is 35.9 Å². The molecule has 1 heterocycles. The molecule has 5 heteroatoms. The molecule has 1 aromatic rings. The Morgan fingerprint density at radius 1 is 1.50 bits per heavy atom. The predicted octanol–water partition coefficient (Wildman–Crippen LogP) is 1.46. The Bertz CT molecular complexity index is 473. The summed E-state index contributed by atoms with van der Waals surface area (Å²) in [6, 6.07) is 9.73. The summed E-state index contributed by atoms with van der Waals surface area (Å²) in [6.07, 6.45) is 1.37. The van der Waals surface area contributed by atoms with Crippen LogP contribution < -0.4 is 5.32 Å². The number of rotatable bonds is 6. The van der Waals surface area contributed by atoms with Crippen LogP contribution in [0.4, 0.5) is 0 Å². The number of carbonyl (C=O) groups is 1. The van der Waals surface area contributed by atoms with Gasteiger partial charge in [-0.05, 0) is 25.3 Å². The molecule has 1 aliphatic rings. The normalized spacial score (nSPS) is 19.1. The van der Waals surface area contributed by atoms with E-state index in [1.807, 2.05) is 37.3 Å². The summed E-state index contributed by atoms with van der Waals surface area (Å²) in [6.45, 7) is 2.06. The van der Waals surface area contributed by atoms with Gasteiger partial charge in [0, 0.05) is 19.1 Å². The number of aliphatic hydroxyl groups is 1. The van der Waals surface area contributed by atoms with Crippen LogP contribution in [0.15, 0.2) is 35.5 Å². The van der Waals surface area contributed by atoms with Crippen molar-refractivity contribution < 1.29 is 14.7 Å². The molecule has 1 amide bonds. The van der Waals surface area contributed by atoms with Crippen molar-refractivity contribution in [1.29, 1.82) is 0 Å². The number of oxime groups is 1. The van der Waals surface area contributed by atoms with Crippen molar-refractivity contribution in [1.82, 2.24) is 5.32 Å². The van der Waals surface area contributed by atoms with Gasteiger partial charge in [0.25, 0.3) is 5.91 Å². The van der Waals surface area contributed by atoms with E-state index in [9.17, 15) is 4.79 Å². The minimum atomic E-state index is -0.554. The van der Waals surface area contributed by atoms with E-state index < -0.39 is 6.10 Å². The zero-order valence-corrected chi connectivity index (χ0v) is 11.6. The van der Waals surface area contributed by atoms with Crippen LogP contribution in [0.1, 0.15) is 31.7 Å². The average molecular weight is 276 g/mol. The lowest BCUT2D eigenvalue weighted by Crippen LogP contribution is -2.40. The summed E-state index contributed by atoms with van der Waals surface area (Å²) in [5, 5.41) is 15.6. The van der Waals surface area contributed by atoms with Gasteiger partial charge in [-0.2, -0.15) is 0 Å². The second-order valence-electron chi connectivity index (χ2n) is 4.98. The van der Waals surface area contributed by atoms with E-state index in [4.69, 9.17) is 9.94 Å². The van der Waals surface area contributed by atoms with Gasteiger partial charge in [0.1, 0.15) is 0 Å². The first-order valence-corrected chi connectivity index (χ1v) is 6.90. The Kier molecular flexibility index (Phi) is 5.12. The molecule has 0 aromatic heterocycles. The number of hydrogen-bond donors (Lipinski definition) is 2. The molecule has 0 bridgehead atoms. The second-order valence-corrected chi connectivity index (χ2v) is 4.98. The summed E-state index contributed by atoms with van der Waals surface area (Å²) in [4.78, 5) is 17.2. The maximum Gasteiger partial charge on any atom is 0.264 e. The van der Waals surface area contributed by atoms with Crippen molar-refractivity contribution in [2.75, 3.05) is 6.61 Å². The number of amides is 1. The molecule has 2 rings (SSSR count). The first-order valence-electron chi connectivity index (χ1n) is 6.90. The van der Waals surface area contributed by atoms with Gasteiger partial charge in [-0.15, -0.1) is 0 Å². The average Bonchev–Trinajstić information content (AvgIpc) is 2.96. The fraction of sp³-hybridized carbons (Fsp3) is 0.467. The highest BCUT2D eigenvalue weighted by molar-refractivity contribution is 6.04. The van der Waals surface area contributed by atoms with Crippen LogP contribution in [0.3, 0.4) is 0 Å². The minimum Gasteiger partial charge on any atom is -0.396 e. The van der Waals surface area contributed by atoms with E-state index >= 15 is 0 Å². The maximum atomic E-state index is 12.0. The van der Waals surface area contributed by atoms with E-state index in [2.05, 4.69) is 10.5 Å². The number of hydrogen-bond acceptors (Lipinski definition) is 4. The molecule has 2 N–H and O–H groups in total. The first kappa shape index (κ1) is 14.5. The standard InChI is InChI=1S/C15H20N2O3/c1-11(6-5-9-18)16-15(19)14-10-13(17-20-14)12-7-3-2-4-8-12/h2-4,7-8,11,14,18H,5-6,9-10H2,1H3,(H,16,19). The summed E-state index contributed by atoms with van der Waals surface area (Å²) in [7, 11) is 0. The van der Waals surface area contributed by atoms with Crippen LogP contribution in [0.25, 0.3) is 0 Å². The fourth-order valence-electron chi connectivity index (χ4n) is 2.12. The van der Waals surface area contributed by atoms with Gasteiger partial charge in [0.15, 0.2) is 0 Å². The van der Waals surface area contributed by atoms with Crippen LogP contribution >= 0.6 is 0 Å². The van der Waals surface area contributed by atoms with Crippen molar-refractivity contribution in [3.8, 4) is 0 Å². The summed E-state index contributed by atoms with van der Waals surface area (Å²) in [5.74, 6) is -0.148. The predicted molar refractivity (Wildman–Crippen MR) is 76.4 cm³/mol. The molecule has 2 atom stereocenters. The Morgan fingerprint density at radius 3 is 2.95 bits per heavy atom. The fourth-order valence-corrected chi connectivity index (χ4v) is 2.12. The lowest BCUT2D eigenvalue weighted by atomic mass is 10.0. The molecule has 0 fully saturated rings. The van der Waals surface area contributed by atoms with E-state index in [0.717, 1.165) is 17.7 Å². The third kappa shape index (κ3) is 3.81. The molecule has 5 nitrogen and oxygen atoms in total. The van der Waals surface area contributed by atoms with Crippen LogP contribution in [0, 0.1) is 0 Å². The number of nitrogens with one attached hydrogen (secondary N) is 1. The zero-order chi connectivity index (χ0) is 14.4. The number of nitrogens with zero attached hydrogens (tertiary/aromatic N) is 1. The Morgan fingerprint density at radius 2 is 2.25 bits per heavy atom. The van der Waals surface area contributed by atoms with Crippen molar-refractivity contribution in [2.24, 2.45) is 5.16 Å². The molecule has 0 aliphatic carbocycles. The first-order chi connectivity index (χ1) is 9.70. The lowest BCUT2D eigenvalue weighted by molar-refractivity contribution is -0.131. The summed E-state index contributed by atoms with van der Waals surface area (Å²) < 4.78 is 0. The Hall–Kier alpha value is -1.88.